The zero-order valence-corrected chi connectivity index (χ0v) is 35.3. The van der Waals surface area contributed by atoms with E-state index in [-0.39, 0.29) is 37.1 Å². The fraction of sp³-hybridized carbons (Fsp3) is 0.421. The molecule has 0 aliphatic carbocycles. The number of halogens is 13. The predicted octanol–water partition coefficient (Wildman–Crippen LogP) is 9.49. The Morgan fingerprint density at radius 1 is 0.621 bits per heavy atom. The Bertz CT molecular complexity index is 2560. The van der Waals surface area contributed by atoms with Gasteiger partial charge in [0.1, 0.15) is 0 Å². The summed E-state index contributed by atoms with van der Waals surface area (Å²) in [7, 11) is 0.867. The molecular weight excluding hydrogens is 983 g/mol. The van der Waals surface area contributed by atoms with Crippen LogP contribution >= 0.6 is 15.9 Å². The van der Waals surface area contributed by atoms with Crippen molar-refractivity contribution in [1.82, 2.24) is 39.2 Å². The summed E-state index contributed by atoms with van der Waals surface area (Å²) >= 11 is 3.18. The molecule has 7 heterocycles. The van der Waals surface area contributed by atoms with E-state index < -0.39 is 91.1 Å². The third-order valence-corrected chi connectivity index (χ3v) is 9.51. The Kier molecular flexibility index (Phi) is 17.2. The van der Waals surface area contributed by atoms with Crippen molar-refractivity contribution in [3.05, 3.63) is 88.9 Å². The number of methoxy groups -OCH3 is 2. The topological polar surface area (TPSA) is 142 Å². The maximum absolute atomic E-state index is 14.0. The lowest BCUT2D eigenvalue weighted by atomic mass is 9.80. The summed E-state index contributed by atoms with van der Waals surface area (Å²) in [5, 5.41) is 14.0. The summed E-state index contributed by atoms with van der Waals surface area (Å²) in [6.07, 6.45) is -11.5. The lowest BCUT2D eigenvalue weighted by molar-refractivity contribution is -0.238. The highest BCUT2D eigenvalue weighted by Crippen LogP contribution is 2.37. The van der Waals surface area contributed by atoms with E-state index in [1.165, 1.54) is 35.1 Å². The fourth-order valence-electron chi connectivity index (χ4n) is 5.15. The normalized spacial score (nSPS) is 14.7. The number of fused-ring (bicyclic) bond motifs is 2. The van der Waals surface area contributed by atoms with Crippen molar-refractivity contribution in [2.24, 2.45) is 0 Å². The summed E-state index contributed by atoms with van der Waals surface area (Å²) in [5.74, 6) is -5.01. The van der Waals surface area contributed by atoms with Gasteiger partial charge < -0.3 is 28.3 Å². The molecule has 0 N–H and O–H groups in total. The van der Waals surface area contributed by atoms with E-state index >= 15 is 0 Å². The number of hydrogen-bond donors (Lipinski definition) is 0. The molecule has 0 bridgehead atoms. The molecule has 28 heteroatoms. The first-order valence-corrected chi connectivity index (χ1v) is 18.6. The van der Waals surface area contributed by atoms with Crippen LogP contribution in [0.4, 0.5) is 52.7 Å². The van der Waals surface area contributed by atoms with Crippen LogP contribution in [-0.2, 0) is 31.0 Å². The average molecular weight is 1020 g/mol. The minimum Gasteiger partial charge on any atom is -0.466 e. The van der Waals surface area contributed by atoms with Crippen molar-refractivity contribution in [3.8, 4) is 22.9 Å². The van der Waals surface area contributed by atoms with Crippen LogP contribution in [0.25, 0.3) is 22.4 Å². The molecule has 0 amide bonds. The highest BCUT2D eigenvalue weighted by atomic mass is 79.9. The minimum atomic E-state index is -4.64. The van der Waals surface area contributed by atoms with Gasteiger partial charge in [-0.2, -0.15) is 43.9 Å². The van der Waals surface area contributed by atoms with Crippen LogP contribution in [0, 0.1) is 11.6 Å². The van der Waals surface area contributed by atoms with Gasteiger partial charge in [-0.1, -0.05) is 14.9 Å². The van der Waals surface area contributed by atoms with Crippen LogP contribution in [0.5, 0.6) is 11.8 Å². The monoisotopic (exact) mass is 1020 g/mol. The summed E-state index contributed by atoms with van der Waals surface area (Å²) < 4.78 is 185. The molecule has 1 fully saturated rings. The maximum atomic E-state index is 14.0. The standard InChI is InChI=1S/C15H10F6N4O2.C13H16BF4NO3.C8H6BrF2N3O.2CH4/c1-26-15(20,21)13-24-23-11-3-2-8(6-25(11)13)9-4-10(16)12(22-5-9)27-7-14(17,18)19;1-11(2)12(3,4)22-14(21-11)8-5-9(15)10(19-6-8)20-7-13(16,17)18;1-15-8(10,11)7-13-12-6-3-2-5(9)4-14(6)7;;/h2-6H,7H2,1H3;5-6H,7H2,1-4H3;2-4H,1H3;2*1H4. The van der Waals surface area contributed by atoms with Gasteiger partial charge in [0, 0.05) is 60.1 Å². The smallest absolute Gasteiger partial charge is 0.466 e. The molecule has 0 spiro atoms. The molecule has 6 aromatic rings. The Labute approximate surface area is 376 Å². The Morgan fingerprint density at radius 2 is 1.06 bits per heavy atom. The fourth-order valence-corrected chi connectivity index (χ4v) is 5.49. The minimum absolute atomic E-state index is 0. The van der Waals surface area contributed by atoms with Gasteiger partial charge in [0.15, 0.2) is 36.1 Å². The van der Waals surface area contributed by atoms with Gasteiger partial charge >= 0.3 is 31.7 Å². The average Bonchev–Trinajstić information content (AvgIpc) is 3.89. The first-order valence-electron chi connectivity index (χ1n) is 17.8. The molecule has 1 aliphatic rings. The number of rotatable bonds is 10. The molecule has 66 heavy (non-hydrogen) atoms. The lowest BCUT2D eigenvalue weighted by Crippen LogP contribution is -2.41. The van der Waals surface area contributed by atoms with Gasteiger partial charge in [-0.15, -0.1) is 20.4 Å². The van der Waals surface area contributed by atoms with Crippen molar-refractivity contribution >= 4 is 39.8 Å². The SMILES string of the molecule is C.C.CC1(C)OB(c2cnc(OCC(F)(F)F)c(F)c2)OC1(C)C.COC(F)(F)c1nnc2ccc(-c3cnc(OCC(F)(F)F)c(F)c3)cn12.COC(F)(F)c1nnc2ccc(Br)cn12. The van der Waals surface area contributed by atoms with Crippen LogP contribution in [-0.4, -0.2) is 97.3 Å². The van der Waals surface area contributed by atoms with E-state index in [1.54, 1.807) is 12.1 Å². The molecule has 362 valence electrons. The molecular formula is C38H40BBrF12N8O6. The summed E-state index contributed by atoms with van der Waals surface area (Å²) in [4.78, 5) is 7.07. The molecule has 0 aromatic carbocycles. The van der Waals surface area contributed by atoms with Crippen molar-refractivity contribution in [3.63, 3.8) is 0 Å². The second kappa shape index (κ2) is 20.7. The molecule has 6 aromatic heterocycles. The highest BCUT2D eigenvalue weighted by molar-refractivity contribution is 9.10. The summed E-state index contributed by atoms with van der Waals surface area (Å²) in [6, 6.07) is 7.93. The number of nitrogens with zero attached hydrogens (tertiary/aromatic N) is 8. The van der Waals surface area contributed by atoms with Gasteiger partial charge in [-0.05, 0) is 80.0 Å². The Balaban J connectivity index is 0.000000269. The molecule has 1 aliphatic heterocycles. The van der Waals surface area contributed by atoms with Crippen molar-refractivity contribution < 1.29 is 80.9 Å². The largest absolute Gasteiger partial charge is 0.496 e. The van der Waals surface area contributed by atoms with Crippen LogP contribution in [0.15, 0.2) is 65.7 Å². The van der Waals surface area contributed by atoms with E-state index in [9.17, 15) is 52.7 Å². The summed E-state index contributed by atoms with van der Waals surface area (Å²) in [6.45, 7) is 4.02. The summed E-state index contributed by atoms with van der Waals surface area (Å²) in [5.41, 5.74) is -0.165. The van der Waals surface area contributed by atoms with E-state index in [0.717, 1.165) is 36.9 Å². The molecule has 7 rings (SSSR count). The van der Waals surface area contributed by atoms with Crippen molar-refractivity contribution in [2.75, 3.05) is 27.4 Å². The van der Waals surface area contributed by atoms with E-state index in [0.29, 0.717) is 10.1 Å². The Morgan fingerprint density at radius 3 is 1.50 bits per heavy atom. The van der Waals surface area contributed by atoms with Gasteiger partial charge in [0.25, 0.3) is 11.8 Å². The molecule has 0 unspecified atom stereocenters. The van der Waals surface area contributed by atoms with Gasteiger partial charge in [0.2, 0.25) is 11.6 Å². The van der Waals surface area contributed by atoms with Crippen LogP contribution in [0.1, 0.15) is 54.2 Å². The second-order valence-corrected chi connectivity index (χ2v) is 15.1. The van der Waals surface area contributed by atoms with Crippen LogP contribution in [0.2, 0.25) is 0 Å². The van der Waals surface area contributed by atoms with Crippen molar-refractivity contribution in [1.29, 1.82) is 0 Å². The molecule has 0 saturated carbocycles. The molecule has 0 atom stereocenters. The predicted molar refractivity (Wildman–Crippen MR) is 215 cm³/mol. The number of alkyl halides is 10. The van der Waals surface area contributed by atoms with Gasteiger partial charge in [-0.3, -0.25) is 8.80 Å². The van der Waals surface area contributed by atoms with Crippen molar-refractivity contribution in [2.45, 2.75) is 78.3 Å². The Hall–Kier alpha value is -5.32. The number of pyridine rings is 4. The van der Waals surface area contributed by atoms with E-state index in [2.05, 4.69) is 65.2 Å². The zero-order valence-electron chi connectivity index (χ0n) is 33.7. The zero-order chi connectivity index (χ0) is 47.6. The molecule has 0 radical (unpaired) electrons. The lowest BCUT2D eigenvalue weighted by Gasteiger charge is -2.32. The highest BCUT2D eigenvalue weighted by Gasteiger charge is 2.52. The maximum Gasteiger partial charge on any atom is 0.496 e. The first kappa shape index (κ1) is 55.0. The van der Waals surface area contributed by atoms with E-state index in [4.69, 9.17) is 9.31 Å². The third kappa shape index (κ3) is 13.2. The first-order chi connectivity index (χ1) is 29.6. The number of hydrogen-bond acceptors (Lipinski definition) is 12. The molecule has 1 saturated heterocycles. The number of aromatic nitrogens is 8. The van der Waals surface area contributed by atoms with Crippen LogP contribution < -0.4 is 14.9 Å². The molecule has 14 nitrogen and oxygen atoms in total. The quantitative estimate of drug-likeness (QED) is 0.0954. The van der Waals surface area contributed by atoms with Crippen LogP contribution in [0.3, 0.4) is 0 Å². The van der Waals surface area contributed by atoms with Gasteiger partial charge in [-0.25, -0.2) is 18.7 Å². The van der Waals surface area contributed by atoms with Gasteiger partial charge in [0.05, 0.1) is 11.2 Å². The number of ether oxygens (including phenoxy) is 4. The van der Waals surface area contributed by atoms with E-state index in [1.807, 2.05) is 27.7 Å². The second-order valence-electron chi connectivity index (χ2n) is 14.2. The third-order valence-electron chi connectivity index (χ3n) is 9.04.